The van der Waals surface area contributed by atoms with Crippen molar-refractivity contribution in [2.24, 2.45) is 0 Å². The smallest absolute Gasteiger partial charge is 0.154 e. The molecule has 0 fully saturated rings. The molecule has 35 heavy (non-hydrogen) atoms. The van der Waals surface area contributed by atoms with Crippen molar-refractivity contribution in [3.63, 3.8) is 0 Å². The highest BCUT2D eigenvalue weighted by atomic mass is 19.1. The summed E-state index contributed by atoms with van der Waals surface area (Å²) >= 11 is 0. The van der Waals surface area contributed by atoms with Gasteiger partial charge < -0.3 is 9.47 Å². The zero-order chi connectivity index (χ0) is 24.2. The second-order valence-electron chi connectivity index (χ2n) is 8.76. The lowest BCUT2D eigenvalue weighted by atomic mass is 9.97. The summed E-state index contributed by atoms with van der Waals surface area (Å²) in [4.78, 5) is 15.8. The number of hydrogen-bond acceptors (Lipinski definition) is 4. The van der Waals surface area contributed by atoms with Gasteiger partial charge in [0.25, 0.3) is 0 Å². The molecule has 4 nitrogen and oxygen atoms in total. The molecule has 0 unspecified atom stereocenters. The molecule has 0 bridgehead atoms. The minimum atomic E-state index is -0.423. The van der Waals surface area contributed by atoms with Gasteiger partial charge in [-0.15, -0.1) is 0 Å². The van der Waals surface area contributed by atoms with Gasteiger partial charge in [-0.1, -0.05) is 48.5 Å². The van der Waals surface area contributed by atoms with Gasteiger partial charge >= 0.3 is 0 Å². The van der Waals surface area contributed by atoms with Crippen molar-refractivity contribution in [1.82, 2.24) is 4.98 Å². The van der Waals surface area contributed by atoms with Crippen LogP contribution in [0.3, 0.4) is 0 Å². The highest BCUT2D eigenvalue weighted by molar-refractivity contribution is 5.84. The van der Waals surface area contributed by atoms with E-state index in [1.807, 2.05) is 18.2 Å². The van der Waals surface area contributed by atoms with Crippen LogP contribution >= 0.6 is 0 Å². The maximum Gasteiger partial charge on any atom is 0.154 e. The molecule has 1 aromatic heterocycles. The van der Waals surface area contributed by atoms with Gasteiger partial charge in [-0.2, -0.15) is 0 Å². The van der Waals surface area contributed by atoms with E-state index in [1.165, 1.54) is 22.8 Å². The lowest BCUT2D eigenvalue weighted by Crippen LogP contribution is -2.06. The quantitative estimate of drug-likeness (QED) is 0.272. The first-order chi connectivity index (χ1) is 17.1. The molecule has 0 atom stereocenters. The lowest BCUT2D eigenvalue weighted by molar-refractivity contribution is 0.111. The number of rotatable bonds is 8. The number of carbonyl (C=O) groups is 1. The molecule has 0 saturated carbocycles. The average Bonchev–Trinajstić information content (AvgIpc) is 3.37. The Morgan fingerprint density at radius 2 is 1.71 bits per heavy atom. The summed E-state index contributed by atoms with van der Waals surface area (Å²) in [5.74, 6) is 0.766. The molecule has 0 aliphatic heterocycles. The van der Waals surface area contributed by atoms with Crippen molar-refractivity contribution in [2.45, 2.75) is 39.4 Å². The average molecular weight is 468 g/mol. The molecule has 3 aromatic carbocycles. The van der Waals surface area contributed by atoms with E-state index in [0.717, 1.165) is 54.2 Å². The SMILES string of the molecule is Cc1c(COc2cc(OCc3cncc(F)c3)c(C=O)c3c2CCC3)cccc1-c1ccccc1. The van der Waals surface area contributed by atoms with E-state index in [-0.39, 0.29) is 6.61 Å². The zero-order valence-electron chi connectivity index (χ0n) is 19.6. The summed E-state index contributed by atoms with van der Waals surface area (Å²) in [6, 6.07) is 19.7. The normalized spacial score (nSPS) is 12.3. The van der Waals surface area contributed by atoms with Gasteiger partial charge in [0, 0.05) is 17.8 Å². The number of halogens is 1. The third kappa shape index (κ3) is 4.80. The van der Waals surface area contributed by atoms with Gasteiger partial charge in [0.1, 0.15) is 30.5 Å². The van der Waals surface area contributed by atoms with Crippen LogP contribution in [-0.2, 0) is 26.1 Å². The summed E-state index contributed by atoms with van der Waals surface area (Å²) in [6.07, 6.45) is 6.18. The monoisotopic (exact) mass is 467 g/mol. The van der Waals surface area contributed by atoms with Gasteiger partial charge in [0.15, 0.2) is 6.29 Å². The van der Waals surface area contributed by atoms with E-state index in [9.17, 15) is 9.18 Å². The van der Waals surface area contributed by atoms with Crippen LogP contribution in [0.1, 0.15) is 44.6 Å². The molecule has 0 N–H and O–H groups in total. The van der Waals surface area contributed by atoms with Crippen LogP contribution in [0.15, 0.2) is 73.1 Å². The number of carbonyl (C=O) groups excluding carboxylic acids is 1. The Morgan fingerprint density at radius 3 is 2.51 bits per heavy atom. The Labute approximate surface area is 204 Å². The van der Waals surface area contributed by atoms with Crippen molar-refractivity contribution >= 4 is 6.29 Å². The van der Waals surface area contributed by atoms with E-state index >= 15 is 0 Å². The molecule has 5 heteroatoms. The summed E-state index contributed by atoms with van der Waals surface area (Å²) < 4.78 is 25.8. The van der Waals surface area contributed by atoms with Crippen LogP contribution in [0.4, 0.5) is 4.39 Å². The second-order valence-corrected chi connectivity index (χ2v) is 8.76. The fraction of sp³-hybridized carbons (Fsp3) is 0.200. The first kappa shape index (κ1) is 22.8. The number of nitrogens with zero attached hydrogens (tertiary/aromatic N) is 1. The molecule has 1 heterocycles. The lowest BCUT2D eigenvalue weighted by Gasteiger charge is -2.18. The molecular weight excluding hydrogens is 441 g/mol. The predicted octanol–water partition coefficient (Wildman–Crippen LogP) is 6.66. The van der Waals surface area contributed by atoms with E-state index in [0.29, 0.717) is 23.5 Å². The first-order valence-corrected chi connectivity index (χ1v) is 11.8. The summed E-state index contributed by atoms with van der Waals surface area (Å²) in [5, 5.41) is 0. The summed E-state index contributed by atoms with van der Waals surface area (Å²) in [5.41, 5.74) is 7.84. The van der Waals surface area contributed by atoms with Gasteiger partial charge in [0.05, 0.1) is 11.8 Å². The number of aromatic nitrogens is 1. The Kier molecular flexibility index (Phi) is 6.57. The predicted molar refractivity (Wildman–Crippen MR) is 133 cm³/mol. The second kappa shape index (κ2) is 10.1. The van der Waals surface area contributed by atoms with Gasteiger partial charge in [0.2, 0.25) is 0 Å². The van der Waals surface area contributed by atoms with Crippen LogP contribution in [0, 0.1) is 12.7 Å². The van der Waals surface area contributed by atoms with Gasteiger partial charge in [-0.05, 0) is 65.6 Å². The molecule has 0 radical (unpaired) electrons. The summed E-state index contributed by atoms with van der Waals surface area (Å²) in [7, 11) is 0. The standard InChI is InChI=1S/C30H26FNO3/c1-20-23(9-5-10-25(20)22-7-3-2-4-8-22)19-35-29-14-30(28(17-33)26-11-6-12-27(26)29)34-18-21-13-24(31)16-32-15-21/h2-5,7-10,13-17H,6,11-12,18-19H2,1H3. The molecule has 5 rings (SSSR count). The van der Waals surface area contributed by atoms with Crippen LogP contribution in [-0.4, -0.2) is 11.3 Å². The fourth-order valence-corrected chi connectivity index (χ4v) is 4.74. The number of hydrogen-bond donors (Lipinski definition) is 0. The number of ether oxygens (including phenoxy) is 2. The molecule has 1 aliphatic carbocycles. The molecule has 176 valence electrons. The molecule has 1 aliphatic rings. The number of pyridine rings is 1. The zero-order valence-corrected chi connectivity index (χ0v) is 19.6. The first-order valence-electron chi connectivity index (χ1n) is 11.8. The molecule has 0 saturated heterocycles. The van der Waals surface area contributed by atoms with E-state index < -0.39 is 5.82 Å². The number of benzene rings is 3. The van der Waals surface area contributed by atoms with Crippen molar-refractivity contribution in [1.29, 1.82) is 0 Å². The van der Waals surface area contributed by atoms with Crippen LogP contribution in [0.25, 0.3) is 11.1 Å². The minimum Gasteiger partial charge on any atom is -0.488 e. The maximum absolute atomic E-state index is 13.5. The third-order valence-corrected chi connectivity index (χ3v) is 6.56. The van der Waals surface area contributed by atoms with Gasteiger partial charge in [-0.25, -0.2) is 4.39 Å². The Hall–Kier alpha value is -3.99. The highest BCUT2D eigenvalue weighted by Gasteiger charge is 2.24. The third-order valence-electron chi connectivity index (χ3n) is 6.56. The van der Waals surface area contributed by atoms with Crippen LogP contribution in [0.2, 0.25) is 0 Å². The van der Waals surface area contributed by atoms with Crippen molar-refractivity contribution in [3.8, 4) is 22.6 Å². The maximum atomic E-state index is 13.5. The van der Waals surface area contributed by atoms with Crippen molar-refractivity contribution in [3.05, 3.63) is 112 Å². The molecule has 0 spiro atoms. The summed E-state index contributed by atoms with van der Waals surface area (Å²) in [6.45, 7) is 2.64. The van der Waals surface area contributed by atoms with Crippen molar-refractivity contribution in [2.75, 3.05) is 0 Å². The van der Waals surface area contributed by atoms with E-state index in [1.54, 1.807) is 12.3 Å². The van der Waals surface area contributed by atoms with E-state index in [2.05, 4.69) is 42.2 Å². The Morgan fingerprint density at radius 1 is 0.914 bits per heavy atom. The van der Waals surface area contributed by atoms with Crippen LogP contribution < -0.4 is 9.47 Å². The largest absolute Gasteiger partial charge is 0.488 e. The number of aldehydes is 1. The number of fused-ring (bicyclic) bond motifs is 1. The topological polar surface area (TPSA) is 48.4 Å². The Balaban J connectivity index is 1.42. The Bertz CT molecular complexity index is 1370. The molecule has 4 aromatic rings. The highest BCUT2D eigenvalue weighted by Crippen LogP contribution is 2.39. The molecular formula is C30H26FNO3. The minimum absolute atomic E-state index is 0.113. The van der Waals surface area contributed by atoms with Crippen molar-refractivity contribution < 1.29 is 18.7 Å². The van der Waals surface area contributed by atoms with Crippen LogP contribution in [0.5, 0.6) is 11.5 Å². The van der Waals surface area contributed by atoms with Gasteiger partial charge in [-0.3, -0.25) is 9.78 Å². The fourth-order valence-electron chi connectivity index (χ4n) is 4.74. The van der Waals surface area contributed by atoms with E-state index in [4.69, 9.17) is 9.47 Å². The molecule has 0 amide bonds.